The Hall–Kier alpha value is -1.59. The maximum Gasteiger partial charge on any atom is 0.255 e. The van der Waals surface area contributed by atoms with Gasteiger partial charge in [-0.3, -0.25) is 4.79 Å². The lowest BCUT2D eigenvalue weighted by Gasteiger charge is -2.23. The summed E-state index contributed by atoms with van der Waals surface area (Å²) in [5.41, 5.74) is 6.21. The zero-order valence-electron chi connectivity index (χ0n) is 10.9. The summed E-state index contributed by atoms with van der Waals surface area (Å²) in [5.74, 6) is 0.193. The van der Waals surface area contributed by atoms with Gasteiger partial charge in [-0.25, -0.2) is 0 Å². The highest BCUT2D eigenvalue weighted by atomic mass is 16.5. The summed E-state index contributed by atoms with van der Waals surface area (Å²) >= 11 is 0. The number of hydrogen-bond donors (Lipinski definition) is 2. The molecule has 1 amide bonds. The quantitative estimate of drug-likeness (QED) is 0.798. The van der Waals surface area contributed by atoms with Crippen LogP contribution in [0.3, 0.4) is 0 Å². The van der Waals surface area contributed by atoms with Gasteiger partial charge in [0.1, 0.15) is 5.75 Å². The minimum Gasteiger partial charge on any atom is -0.484 e. The van der Waals surface area contributed by atoms with E-state index in [2.05, 4.69) is 5.32 Å². The molecule has 5 heteroatoms. The maximum absolute atomic E-state index is 10.6. The van der Waals surface area contributed by atoms with Crippen LogP contribution in [-0.2, 0) is 16.1 Å². The first-order valence-corrected chi connectivity index (χ1v) is 6.55. The van der Waals surface area contributed by atoms with E-state index >= 15 is 0 Å². The zero-order chi connectivity index (χ0) is 13.5. The number of carbonyl (C=O) groups excluding carboxylic acids is 1. The minimum absolute atomic E-state index is 0.0837. The van der Waals surface area contributed by atoms with E-state index in [-0.39, 0.29) is 6.61 Å². The molecule has 1 aliphatic heterocycles. The van der Waals surface area contributed by atoms with Crippen molar-refractivity contribution in [3.05, 3.63) is 29.8 Å². The molecule has 1 aromatic rings. The van der Waals surface area contributed by atoms with Crippen LogP contribution in [0.5, 0.6) is 5.75 Å². The SMILES string of the molecule is NC(=O)COc1ccc(CNC2CCOCC2)cc1. The highest BCUT2D eigenvalue weighted by molar-refractivity contribution is 5.75. The Morgan fingerprint density at radius 3 is 2.63 bits per heavy atom. The molecule has 0 spiro atoms. The van der Waals surface area contributed by atoms with Crippen LogP contribution in [0.2, 0.25) is 0 Å². The van der Waals surface area contributed by atoms with Gasteiger partial charge in [0.25, 0.3) is 5.91 Å². The van der Waals surface area contributed by atoms with Crippen molar-refractivity contribution in [3.8, 4) is 5.75 Å². The van der Waals surface area contributed by atoms with Crippen molar-refractivity contribution in [2.75, 3.05) is 19.8 Å². The third-order valence-electron chi connectivity index (χ3n) is 3.12. The van der Waals surface area contributed by atoms with Crippen molar-refractivity contribution >= 4 is 5.91 Å². The average molecular weight is 264 g/mol. The fourth-order valence-electron chi connectivity index (χ4n) is 2.02. The van der Waals surface area contributed by atoms with E-state index in [1.807, 2.05) is 24.3 Å². The molecule has 0 bridgehead atoms. The number of amides is 1. The second kappa shape index (κ2) is 7.11. The number of hydrogen-bond acceptors (Lipinski definition) is 4. The van der Waals surface area contributed by atoms with Crippen LogP contribution >= 0.6 is 0 Å². The second-order valence-electron chi connectivity index (χ2n) is 4.67. The highest BCUT2D eigenvalue weighted by Crippen LogP contribution is 2.13. The Balaban J connectivity index is 1.76. The lowest BCUT2D eigenvalue weighted by Crippen LogP contribution is -2.34. The Bertz CT molecular complexity index is 400. The van der Waals surface area contributed by atoms with Crippen LogP contribution in [0, 0.1) is 0 Å². The van der Waals surface area contributed by atoms with E-state index in [0.717, 1.165) is 32.6 Å². The molecule has 0 aromatic heterocycles. The van der Waals surface area contributed by atoms with Gasteiger partial charge in [0, 0.05) is 25.8 Å². The number of primary amides is 1. The predicted octanol–water partition coefficient (Wildman–Crippen LogP) is 0.819. The molecule has 104 valence electrons. The minimum atomic E-state index is -0.467. The number of benzene rings is 1. The molecule has 0 radical (unpaired) electrons. The third kappa shape index (κ3) is 4.89. The molecule has 0 saturated carbocycles. The van der Waals surface area contributed by atoms with E-state index in [4.69, 9.17) is 15.2 Å². The molecule has 1 aromatic carbocycles. The first kappa shape index (κ1) is 13.8. The van der Waals surface area contributed by atoms with Crippen LogP contribution in [0.25, 0.3) is 0 Å². The second-order valence-corrected chi connectivity index (χ2v) is 4.67. The van der Waals surface area contributed by atoms with E-state index in [0.29, 0.717) is 11.8 Å². The van der Waals surface area contributed by atoms with Gasteiger partial charge < -0.3 is 20.5 Å². The van der Waals surface area contributed by atoms with E-state index in [1.54, 1.807) is 0 Å². The molecule has 19 heavy (non-hydrogen) atoms. The number of nitrogens with two attached hydrogens (primary N) is 1. The summed E-state index contributed by atoms with van der Waals surface area (Å²) < 4.78 is 10.5. The molecular weight excluding hydrogens is 244 g/mol. The van der Waals surface area contributed by atoms with Gasteiger partial charge in [0.2, 0.25) is 0 Å². The zero-order valence-corrected chi connectivity index (χ0v) is 10.9. The molecule has 5 nitrogen and oxygen atoms in total. The fourth-order valence-corrected chi connectivity index (χ4v) is 2.02. The number of rotatable bonds is 6. The molecule has 1 heterocycles. The molecule has 1 saturated heterocycles. The first-order valence-electron chi connectivity index (χ1n) is 6.55. The van der Waals surface area contributed by atoms with Crippen LogP contribution in [-0.4, -0.2) is 31.8 Å². The van der Waals surface area contributed by atoms with Gasteiger partial charge in [-0.05, 0) is 30.5 Å². The highest BCUT2D eigenvalue weighted by Gasteiger charge is 2.12. The van der Waals surface area contributed by atoms with Crippen molar-refractivity contribution in [2.45, 2.75) is 25.4 Å². The number of ether oxygens (including phenoxy) is 2. The Kier molecular flexibility index (Phi) is 5.18. The molecule has 3 N–H and O–H groups in total. The van der Waals surface area contributed by atoms with E-state index in [1.165, 1.54) is 5.56 Å². The van der Waals surface area contributed by atoms with Crippen LogP contribution in [0.4, 0.5) is 0 Å². The molecule has 0 aliphatic carbocycles. The Morgan fingerprint density at radius 2 is 2.00 bits per heavy atom. The lowest BCUT2D eigenvalue weighted by molar-refractivity contribution is -0.119. The first-order chi connectivity index (χ1) is 9.24. The summed E-state index contributed by atoms with van der Waals surface area (Å²) in [5, 5.41) is 3.51. The third-order valence-corrected chi connectivity index (χ3v) is 3.12. The smallest absolute Gasteiger partial charge is 0.255 e. The van der Waals surface area contributed by atoms with E-state index < -0.39 is 5.91 Å². The van der Waals surface area contributed by atoms with Crippen LogP contribution in [0.15, 0.2) is 24.3 Å². The molecule has 0 unspecified atom stereocenters. The normalized spacial score (nSPS) is 16.2. The summed E-state index contributed by atoms with van der Waals surface area (Å²) in [6, 6.07) is 8.22. The van der Waals surface area contributed by atoms with Gasteiger partial charge in [-0.15, -0.1) is 0 Å². The largest absolute Gasteiger partial charge is 0.484 e. The van der Waals surface area contributed by atoms with Crippen LogP contribution in [0.1, 0.15) is 18.4 Å². The summed E-state index contributed by atoms with van der Waals surface area (Å²) in [7, 11) is 0. The van der Waals surface area contributed by atoms with Gasteiger partial charge in [-0.2, -0.15) is 0 Å². The van der Waals surface area contributed by atoms with Crippen molar-refractivity contribution < 1.29 is 14.3 Å². The van der Waals surface area contributed by atoms with Crippen molar-refractivity contribution in [1.29, 1.82) is 0 Å². The monoisotopic (exact) mass is 264 g/mol. The molecule has 1 fully saturated rings. The summed E-state index contributed by atoms with van der Waals surface area (Å²) in [6.45, 7) is 2.44. The van der Waals surface area contributed by atoms with Gasteiger partial charge in [-0.1, -0.05) is 12.1 Å². The lowest BCUT2D eigenvalue weighted by atomic mass is 10.1. The molecule has 0 atom stereocenters. The van der Waals surface area contributed by atoms with Crippen molar-refractivity contribution in [2.24, 2.45) is 5.73 Å². The van der Waals surface area contributed by atoms with Crippen LogP contribution < -0.4 is 15.8 Å². The van der Waals surface area contributed by atoms with Crippen molar-refractivity contribution in [3.63, 3.8) is 0 Å². The summed E-state index contributed by atoms with van der Waals surface area (Å²) in [4.78, 5) is 10.6. The fraction of sp³-hybridized carbons (Fsp3) is 0.500. The molecule has 1 aliphatic rings. The molecular formula is C14H20N2O3. The Morgan fingerprint density at radius 1 is 1.32 bits per heavy atom. The van der Waals surface area contributed by atoms with E-state index in [9.17, 15) is 4.79 Å². The summed E-state index contributed by atoms with van der Waals surface area (Å²) in [6.07, 6.45) is 2.14. The predicted molar refractivity (Wildman–Crippen MR) is 71.8 cm³/mol. The maximum atomic E-state index is 10.6. The topological polar surface area (TPSA) is 73.6 Å². The van der Waals surface area contributed by atoms with Gasteiger partial charge in [0.05, 0.1) is 0 Å². The van der Waals surface area contributed by atoms with Gasteiger partial charge >= 0.3 is 0 Å². The average Bonchev–Trinajstić information content (AvgIpc) is 2.45. The van der Waals surface area contributed by atoms with Crippen molar-refractivity contribution in [1.82, 2.24) is 5.32 Å². The Labute approximate surface area is 113 Å². The number of carbonyl (C=O) groups is 1. The van der Waals surface area contributed by atoms with Gasteiger partial charge in [0.15, 0.2) is 6.61 Å². The standard InChI is InChI=1S/C14H20N2O3/c15-14(17)10-19-13-3-1-11(2-4-13)9-16-12-5-7-18-8-6-12/h1-4,12,16H,5-10H2,(H2,15,17). The number of nitrogens with one attached hydrogen (secondary N) is 1. The molecule has 2 rings (SSSR count).